The van der Waals surface area contributed by atoms with Gasteiger partial charge in [0.05, 0.1) is 25.4 Å². The summed E-state index contributed by atoms with van der Waals surface area (Å²) in [6, 6.07) is 3.27. The Morgan fingerprint density at radius 3 is 2.10 bits per heavy atom. The van der Waals surface area contributed by atoms with E-state index in [2.05, 4.69) is 15.0 Å². The van der Waals surface area contributed by atoms with Crippen molar-refractivity contribution < 1.29 is 28.7 Å². The molecule has 17 heteroatoms. The molecule has 0 aromatic carbocycles. The van der Waals surface area contributed by atoms with Gasteiger partial charge >= 0.3 is 11.4 Å². The van der Waals surface area contributed by atoms with Crippen molar-refractivity contribution in [3.8, 4) is 0 Å². The highest BCUT2D eigenvalue weighted by Gasteiger charge is 2.42. The van der Waals surface area contributed by atoms with Crippen LogP contribution in [0.5, 0.6) is 0 Å². The van der Waals surface area contributed by atoms with Gasteiger partial charge in [0.25, 0.3) is 11.1 Å². The van der Waals surface area contributed by atoms with Crippen LogP contribution in [0, 0.1) is 13.8 Å². The fourth-order valence-corrected chi connectivity index (χ4v) is 7.46. The van der Waals surface area contributed by atoms with Crippen LogP contribution in [-0.2, 0) is 30.3 Å². The van der Waals surface area contributed by atoms with Gasteiger partial charge in [0.1, 0.15) is 24.7 Å². The van der Waals surface area contributed by atoms with Crippen molar-refractivity contribution in [1.29, 1.82) is 0 Å². The number of pyridine rings is 1. The average Bonchev–Trinajstić information content (AvgIpc) is 3.54. The van der Waals surface area contributed by atoms with E-state index in [1.807, 2.05) is 0 Å². The maximum Gasteiger partial charge on any atom is 0.330 e. The molecule has 5 heterocycles. The van der Waals surface area contributed by atoms with Crippen LogP contribution < -0.4 is 27.8 Å². The number of aliphatic hydroxyl groups excluding tert-OH is 2. The summed E-state index contributed by atoms with van der Waals surface area (Å²) in [7, 11) is 0. The third-order valence-corrected chi connectivity index (χ3v) is 10.3. The van der Waals surface area contributed by atoms with Crippen LogP contribution >= 0.6 is 6.49 Å². The van der Waals surface area contributed by atoms with E-state index in [0.29, 0.717) is 16.4 Å². The van der Waals surface area contributed by atoms with Gasteiger partial charge in [-0.05, 0) is 37.8 Å². The van der Waals surface area contributed by atoms with Gasteiger partial charge in [-0.15, -0.1) is 0 Å². The molecule has 0 spiro atoms. The third kappa shape index (κ3) is 6.16. The first-order valence-corrected chi connectivity index (χ1v) is 15.7. The number of nitrogens with zero attached hydrogens (tertiary/aromatic N) is 3. The smallest absolute Gasteiger partial charge is 0.330 e. The lowest BCUT2D eigenvalue weighted by atomic mass is 10.2. The van der Waals surface area contributed by atoms with Gasteiger partial charge in [0.2, 0.25) is 6.49 Å². The lowest BCUT2D eigenvalue weighted by molar-refractivity contribution is -0.0490. The molecule has 0 unspecified atom stereocenters. The summed E-state index contributed by atoms with van der Waals surface area (Å²) in [5.41, 5.74) is -1.75. The molecular formula is C25H30N5O10PS. The SMILES string of the molecule is Cc1cn([C@H]2C[C@H](O[P@@](=S)(OC[C@H]3O[C@@H](n4cc(C)c(=O)[nH]c4=O)C[C@@H]3O)c3ccncc3)[C@@H](CO)O2)c(=O)[nH]c1=O. The summed E-state index contributed by atoms with van der Waals surface area (Å²) in [6.07, 6.45) is 0.692. The van der Waals surface area contributed by atoms with Gasteiger partial charge in [0.15, 0.2) is 0 Å². The van der Waals surface area contributed by atoms with E-state index in [-0.39, 0.29) is 19.4 Å². The zero-order valence-corrected chi connectivity index (χ0v) is 24.3. The second kappa shape index (κ2) is 12.3. The molecule has 2 aliphatic heterocycles. The standard InChI is InChI=1S/C25H30N5O10PS/c1-13-9-29(24(35)27-22(13)33)20-7-16(32)19(39-20)12-37-41(42,15-3-5-26-6-4-15)40-17-8-21(38-18(17)11-31)30-10-14(2)23(34)28-25(30)36/h3-6,9-10,16-21,31-32H,7-8,11-12H2,1-2H3,(H,27,33,35)(H,28,34,36)/t16-,17-,18+,19+,20+,21+,41-/m0/s1. The Labute approximate surface area is 242 Å². The zero-order chi connectivity index (χ0) is 30.2. The highest BCUT2D eigenvalue weighted by Crippen LogP contribution is 2.52. The maximum atomic E-state index is 12.5. The van der Waals surface area contributed by atoms with Crippen LogP contribution in [0.3, 0.4) is 0 Å². The fraction of sp³-hybridized carbons (Fsp3) is 0.480. The van der Waals surface area contributed by atoms with E-state index in [4.69, 9.17) is 30.3 Å². The molecule has 0 bridgehead atoms. The van der Waals surface area contributed by atoms with Crippen molar-refractivity contribution in [2.24, 2.45) is 0 Å². The van der Waals surface area contributed by atoms with Crippen molar-refractivity contribution in [1.82, 2.24) is 24.1 Å². The molecule has 7 atom stereocenters. The number of hydrogen-bond acceptors (Lipinski definition) is 12. The fourth-order valence-electron chi connectivity index (χ4n) is 4.82. The summed E-state index contributed by atoms with van der Waals surface area (Å²) < 4.78 is 26.8. The van der Waals surface area contributed by atoms with Crippen molar-refractivity contribution in [3.05, 3.63) is 89.7 Å². The first-order chi connectivity index (χ1) is 20.0. The molecule has 0 saturated carbocycles. The van der Waals surface area contributed by atoms with Crippen LogP contribution in [-0.4, -0.2) is 71.9 Å². The third-order valence-electron chi connectivity index (χ3n) is 7.14. The minimum absolute atomic E-state index is 0.0659. The van der Waals surface area contributed by atoms with Gasteiger partial charge in [-0.25, -0.2) is 9.59 Å². The predicted molar refractivity (Wildman–Crippen MR) is 151 cm³/mol. The molecule has 0 amide bonds. The molecule has 5 rings (SSSR count). The Hall–Kier alpha value is -3.08. The van der Waals surface area contributed by atoms with Crippen LogP contribution in [0.4, 0.5) is 0 Å². The lowest BCUT2D eigenvalue weighted by Gasteiger charge is -2.29. The second-order valence-electron chi connectivity index (χ2n) is 10.1. The van der Waals surface area contributed by atoms with E-state index in [1.165, 1.54) is 33.9 Å². The number of rotatable bonds is 9. The highest BCUT2D eigenvalue weighted by atomic mass is 32.5. The first-order valence-electron chi connectivity index (χ1n) is 13.1. The molecule has 15 nitrogen and oxygen atoms in total. The quantitative estimate of drug-likeness (QED) is 0.214. The molecule has 2 fully saturated rings. The Morgan fingerprint density at radius 2 is 1.52 bits per heavy atom. The number of nitrogens with one attached hydrogen (secondary N) is 2. The Morgan fingerprint density at radius 1 is 0.976 bits per heavy atom. The van der Waals surface area contributed by atoms with E-state index in [9.17, 15) is 29.4 Å². The monoisotopic (exact) mass is 623 g/mol. The molecule has 0 radical (unpaired) electrons. The largest absolute Gasteiger partial charge is 0.394 e. The summed E-state index contributed by atoms with van der Waals surface area (Å²) in [4.78, 5) is 56.8. The summed E-state index contributed by atoms with van der Waals surface area (Å²) >= 11 is 5.93. The topological polar surface area (TPSA) is 200 Å². The van der Waals surface area contributed by atoms with E-state index in [0.717, 1.165) is 0 Å². The molecule has 226 valence electrons. The number of aliphatic hydroxyl groups is 2. The van der Waals surface area contributed by atoms with Gasteiger partial charge in [0, 0.05) is 54.1 Å². The molecule has 2 saturated heterocycles. The van der Waals surface area contributed by atoms with Crippen molar-refractivity contribution in [2.45, 2.75) is 63.6 Å². The Bertz CT molecular complexity index is 1720. The van der Waals surface area contributed by atoms with Gasteiger partial charge in [-0.2, -0.15) is 0 Å². The van der Waals surface area contributed by atoms with Gasteiger partial charge < -0.3 is 28.7 Å². The Kier molecular flexibility index (Phi) is 8.87. The van der Waals surface area contributed by atoms with Crippen molar-refractivity contribution >= 4 is 23.6 Å². The molecular weight excluding hydrogens is 593 g/mol. The average molecular weight is 624 g/mol. The minimum atomic E-state index is -3.36. The van der Waals surface area contributed by atoms with Crippen LogP contribution in [0.25, 0.3) is 0 Å². The number of hydrogen-bond donors (Lipinski definition) is 4. The summed E-state index contributed by atoms with van der Waals surface area (Å²) in [6.45, 7) is -0.903. The van der Waals surface area contributed by atoms with Gasteiger partial charge in [-0.1, -0.05) is 0 Å². The van der Waals surface area contributed by atoms with Crippen LogP contribution in [0.1, 0.15) is 36.4 Å². The molecule has 3 aromatic heterocycles. The molecule has 42 heavy (non-hydrogen) atoms. The number of H-pyrrole nitrogens is 2. The van der Waals surface area contributed by atoms with Crippen molar-refractivity contribution in [3.63, 3.8) is 0 Å². The minimum Gasteiger partial charge on any atom is -0.394 e. The zero-order valence-electron chi connectivity index (χ0n) is 22.6. The number of aryl methyl sites for hydroxylation is 2. The predicted octanol–water partition coefficient (Wildman–Crippen LogP) is -0.936. The van der Waals surface area contributed by atoms with Crippen LogP contribution in [0.15, 0.2) is 56.1 Å². The first kappa shape index (κ1) is 30.4. The second-order valence-corrected chi connectivity index (χ2v) is 13.5. The van der Waals surface area contributed by atoms with E-state index < -0.39 is 72.5 Å². The molecule has 2 aliphatic rings. The van der Waals surface area contributed by atoms with E-state index >= 15 is 0 Å². The van der Waals surface area contributed by atoms with Crippen LogP contribution in [0.2, 0.25) is 0 Å². The molecule has 3 aromatic rings. The molecule has 4 N–H and O–H groups in total. The Balaban J connectivity index is 1.35. The summed E-state index contributed by atoms with van der Waals surface area (Å²) in [5, 5.41) is 21.3. The number of ether oxygens (including phenoxy) is 2. The normalized spacial score (nSPS) is 27.2. The summed E-state index contributed by atoms with van der Waals surface area (Å²) in [5.74, 6) is 0. The highest BCUT2D eigenvalue weighted by molar-refractivity contribution is 8.13. The molecule has 0 aliphatic carbocycles. The van der Waals surface area contributed by atoms with Crippen molar-refractivity contribution in [2.75, 3.05) is 13.2 Å². The van der Waals surface area contributed by atoms with E-state index in [1.54, 1.807) is 26.0 Å². The number of aromatic amines is 2. The number of aromatic nitrogens is 5. The maximum absolute atomic E-state index is 12.5. The van der Waals surface area contributed by atoms with Gasteiger partial charge in [-0.3, -0.25) is 33.7 Å². The lowest BCUT2D eigenvalue weighted by Crippen LogP contribution is -2.33.